The molecule has 3 rings (SSSR count). The minimum Gasteiger partial charge on any atom is -0.325 e. The third-order valence-corrected chi connectivity index (χ3v) is 3.97. The Morgan fingerprint density at radius 1 is 1.50 bits per heavy atom. The summed E-state index contributed by atoms with van der Waals surface area (Å²) in [5.41, 5.74) is 3.27. The van der Waals surface area contributed by atoms with Crippen molar-refractivity contribution < 1.29 is 4.79 Å². The van der Waals surface area contributed by atoms with Crippen LogP contribution in [-0.4, -0.2) is 16.1 Å². The summed E-state index contributed by atoms with van der Waals surface area (Å²) in [5, 5.41) is 11.3. The third kappa shape index (κ3) is 1.74. The van der Waals surface area contributed by atoms with Gasteiger partial charge in [-0.25, -0.2) is 5.10 Å². The van der Waals surface area contributed by atoms with E-state index in [2.05, 4.69) is 15.5 Å². The number of carbonyl (C=O) groups excluding carboxylic acids is 1. The van der Waals surface area contributed by atoms with Crippen LogP contribution in [0, 0.1) is 0 Å². The predicted octanol–water partition coefficient (Wildman–Crippen LogP) is 1.56. The molecule has 0 atom stereocenters. The first kappa shape index (κ1) is 11.2. The summed E-state index contributed by atoms with van der Waals surface area (Å²) in [4.78, 5) is 23.6. The largest absolute Gasteiger partial charge is 0.325 e. The Labute approximate surface area is 107 Å². The van der Waals surface area contributed by atoms with Crippen LogP contribution in [0.15, 0.2) is 16.2 Å². The number of anilines is 1. The van der Waals surface area contributed by atoms with Crippen LogP contribution in [0.5, 0.6) is 0 Å². The maximum absolute atomic E-state index is 11.3. The molecule has 0 bridgehead atoms. The van der Waals surface area contributed by atoms with E-state index in [-0.39, 0.29) is 11.5 Å². The molecule has 0 spiro atoms. The predicted molar refractivity (Wildman–Crippen MR) is 69.9 cm³/mol. The van der Waals surface area contributed by atoms with Crippen LogP contribution in [0.1, 0.15) is 17.4 Å². The fraction of sp³-hybridized carbons (Fsp3) is 0.250. The Bertz CT molecular complexity index is 687. The Hall–Kier alpha value is -1.95. The molecular weight excluding hydrogens is 250 g/mol. The van der Waals surface area contributed by atoms with Gasteiger partial charge >= 0.3 is 0 Å². The number of carbonyl (C=O) groups is 1. The Morgan fingerprint density at radius 3 is 3.11 bits per heavy atom. The first-order valence-electron chi connectivity index (χ1n) is 5.62. The summed E-state index contributed by atoms with van der Waals surface area (Å²) in [7, 11) is 0. The lowest BCUT2D eigenvalue weighted by Gasteiger charge is -2.15. The van der Waals surface area contributed by atoms with Crippen LogP contribution in [0.4, 0.5) is 5.69 Å². The first-order valence-corrected chi connectivity index (χ1v) is 6.50. The molecular formula is C12H11N3O2S. The number of aromatic nitrogens is 2. The molecule has 6 heteroatoms. The molecule has 0 aromatic carbocycles. The van der Waals surface area contributed by atoms with E-state index in [0.29, 0.717) is 0 Å². The van der Waals surface area contributed by atoms with Gasteiger partial charge in [0.2, 0.25) is 5.91 Å². The number of rotatable bonds is 1. The molecule has 18 heavy (non-hydrogen) atoms. The molecule has 2 aromatic heterocycles. The molecule has 0 unspecified atom stereocenters. The first-order chi connectivity index (χ1) is 8.65. The van der Waals surface area contributed by atoms with E-state index < -0.39 is 0 Å². The Balaban J connectivity index is 2.18. The molecule has 0 fully saturated rings. The van der Waals surface area contributed by atoms with E-state index in [1.807, 2.05) is 5.38 Å². The van der Waals surface area contributed by atoms with Gasteiger partial charge in [0.25, 0.3) is 5.56 Å². The number of H-pyrrole nitrogens is 1. The molecule has 2 aromatic rings. The quantitative estimate of drug-likeness (QED) is 0.818. The Morgan fingerprint density at radius 2 is 2.33 bits per heavy atom. The molecule has 92 valence electrons. The van der Waals surface area contributed by atoms with Gasteiger partial charge in [-0.2, -0.15) is 5.10 Å². The lowest BCUT2D eigenvalue weighted by Crippen LogP contribution is -2.15. The molecule has 2 heterocycles. The zero-order valence-corrected chi connectivity index (χ0v) is 10.6. The second-order valence-corrected chi connectivity index (χ2v) is 5.20. The van der Waals surface area contributed by atoms with E-state index in [1.54, 1.807) is 17.4 Å². The van der Waals surface area contributed by atoms with Crippen molar-refractivity contribution in [1.29, 1.82) is 0 Å². The molecule has 1 aliphatic carbocycles. The molecule has 1 aliphatic rings. The van der Waals surface area contributed by atoms with Crippen molar-refractivity contribution in [3.63, 3.8) is 0 Å². The minimum absolute atomic E-state index is 0.104. The molecule has 5 nitrogen and oxygen atoms in total. The molecule has 0 saturated heterocycles. The molecule has 0 aliphatic heterocycles. The zero-order valence-electron chi connectivity index (χ0n) is 9.74. The highest BCUT2D eigenvalue weighted by Crippen LogP contribution is 2.40. The van der Waals surface area contributed by atoms with Crippen LogP contribution in [0.3, 0.4) is 0 Å². The summed E-state index contributed by atoms with van der Waals surface area (Å²) in [6.45, 7) is 1.48. The Kier molecular flexibility index (Phi) is 2.52. The van der Waals surface area contributed by atoms with Gasteiger partial charge in [-0.15, -0.1) is 11.3 Å². The number of nitrogens with one attached hydrogen (secondary N) is 2. The van der Waals surface area contributed by atoms with Crippen LogP contribution >= 0.6 is 11.3 Å². The van der Waals surface area contributed by atoms with Gasteiger partial charge in [0.1, 0.15) is 0 Å². The summed E-state index contributed by atoms with van der Waals surface area (Å²) in [6, 6.07) is 1.58. The second-order valence-electron chi connectivity index (χ2n) is 4.23. The normalized spacial score (nSPS) is 12.7. The smallest absolute Gasteiger partial charge is 0.264 e. The highest BCUT2D eigenvalue weighted by atomic mass is 32.1. The van der Waals surface area contributed by atoms with Gasteiger partial charge in [-0.05, 0) is 18.4 Å². The van der Waals surface area contributed by atoms with E-state index in [0.717, 1.165) is 35.3 Å². The van der Waals surface area contributed by atoms with Crippen molar-refractivity contribution in [2.75, 3.05) is 5.32 Å². The maximum Gasteiger partial charge on any atom is 0.264 e. The molecule has 0 saturated carbocycles. The van der Waals surface area contributed by atoms with Gasteiger partial charge in [0.05, 0.1) is 11.4 Å². The highest BCUT2D eigenvalue weighted by Gasteiger charge is 2.23. The van der Waals surface area contributed by atoms with E-state index in [1.165, 1.54) is 11.8 Å². The van der Waals surface area contributed by atoms with Crippen molar-refractivity contribution in [3.8, 4) is 11.3 Å². The van der Waals surface area contributed by atoms with Gasteiger partial charge < -0.3 is 5.32 Å². The van der Waals surface area contributed by atoms with Crippen LogP contribution in [0.2, 0.25) is 0 Å². The molecule has 1 amide bonds. The standard InChI is InChI=1S/C12H11N3O2S/c1-6(16)13-8-5-18-9-3-2-7-4-10(17)14-15-12(7)11(8)9/h4-5H,2-3H2,1H3,(H,13,16)(H,14,17). The van der Waals surface area contributed by atoms with Gasteiger partial charge in [0, 0.05) is 28.8 Å². The average molecular weight is 261 g/mol. The van der Waals surface area contributed by atoms with E-state index in [9.17, 15) is 9.59 Å². The van der Waals surface area contributed by atoms with Crippen molar-refractivity contribution in [3.05, 3.63) is 32.2 Å². The van der Waals surface area contributed by atoms with Crippen molar-refractivity contribution >= 4 is 22.9 Å². The number of thiophene rings is 1. The number of aryl methyl sites for hydroxylation is 2. The maximum atomic E-state index is 11.3. The molecule has 2 N–H and O–H groups in total. The number of fused-ring (bicyclic) bond motifs is 3. The number of hydrogen-bond donors (Lipinski definition) is 2. The lowest BCUT2D eigenvalue weighted by molar-refractivity contribution is -0.114. The van der Waals surface area contributed by atoms with Crippen molar-refractivity contribution in [2.45, 2.75) is 19.8 Å². The number of hydrogen-bond acceptors (Lipinski definition) is 4. The SMILES string of the molecule is CC(=O)Nc1csc2c1-c1n[nH]c(=O)cc1CC2. The second kappa shape index (κ2) is 4.06. The number of aromatic amines is 1. The highest BCUT2D eigenvalue weighted by molar-refractivity contribution is 7.11. The summed E-state index contributed by atoms with van der Waals surface area (Å²) >= 11 is 1.62. The average Bonchev–Trinajstić information content (AvgIpc) is 2.71. The summed E-state index contributed by atoms with van der Waals surface area (Å²) in [6.07, 6.45) is 1.71. The van der Waals surface area contributed by atoms with E-state index >= 15 is 0 Å². The van der Waals surface area contributed by atoms with Crippen molar-refractivity contribution in [2.24, 2.45) is 0 Å². The fourth-order valence-electron chi connectivity index (χ4n) is 2.22. The third-order valence-electron chi connectivity index (χ3n) is 2.92. The molecule has 0 radical (unpaired) electrons. The lowest BCUT2D eigenvalue weighted by atomic mass is 9.95. The van der Waals surface area contributed by atoms with Crippen molar-refractivity contribution in [1.82, 2.24) is 10.2 Å². The van der Waals surface area contributed by atoms with Gasteiger partial charge in [0.15, 0.2) is 0 Å². The number of amides is 1. The minimum atomic E-state index is -0.187. The fourth-order valence-corrected chi connectivity index (χ4v) is 3.20. The summed E-state index contributed by atoms with van der Waals surface area (Å²) < 4.78 is 0. The summed E-state index contributed by atoms with van der Waals surface area (Å²) in [5.74, 6) is -0.104. The topological polar surface area (TPSA) is 74.8 Å². The van der Waals surface area contributed by atoms with Gasteiger partial charge in [-0.3, -0.25) is 9.59 Å². The van der Waals surface area contributed by atoms with Crippen LogP contribution in [0.25, 0.3) is 11.3 Å². The van der Waals surface area contributed by atoms with Crippen LogP contribution < -0.4 is 10.9 Å². The zero-order chi connectivity index (χ0) is 12.7. The van der Waals surface area contributed by atoms with Crippen LogP contribution in [-0.2, 0) is 17.6 Å². The van der Waals surface area contributed by atoms with E-state index in [4.69, 9.17) is 0 Å². The van der Waals surface area contributed by atoms with Gasteiger partial charge in [-0.1, -0.05) is 0 Å². The number of nitrogens with zero attached hydrogens (tertiary/aromatic N) is 1. The monoisotopic (exact) mass is 261 g/mol.